The molecule has 0 aliphatic carbocycles. The maximum atomic E-state index is 12.4. The summed E-state index contributed by atoms with van der Waals surface area (Å²) in [6.45, 7) is 6.08. The number of amides is 2. The fourth-order valence-electron chi connectivity index (χ4n) is 2.96. The van der Waals surface area contributed by atoms with Crippen LogP contribution >= 0.6 is 0 Å². The van der Waals surface area contributed by atoms with E-state index in [-0.39, 0.29) is 23.3 Å². The molecule has 3 rings (SSSR count). The second kappa shape index (κ2) is 4.71. The first kappa shape index (κ1) is 13.8. The lowest BCUT2D eigenvalue weighted by Crippen LogP contribution is -2.58. The fourth-order valence-corrected chi connectivity index (χ4v) is 2.96. The zero-order chi connectivity index (χ0) is 15.2. The number of likely N-dealkylation sites (tertiary alicyclic amines) is 2. The van der Waals surface area contributed by atoms with Gasteiger partial charge in [-0.3, -0.25) is 0 Å². The Balaban J connectivity index is 1.60. The minimum atomic E-state index is -1.09. The van der Waals surface area contributed by atoms with E-state index in [0.717, 1.165) is 19.4 Å². The Morgan fingerprint density at radius 3 is 2.62 bits per heavy atom. The minimum Gasteiger partial charge on any atom is -0.476 e. The average molecular weight is 293 g/mol. The Kier molecular flexibility index (Phi) is 3.11. The van der Waals surface area contributed by atoms with Crippen LogP contribution < -0.4 is 0 Å². The third-order valence-electron chi connectivity index (χ3n) is 4.37. The standard InChI is InChI=1S/C13H19N5O3/c1-13(2)4-3-5-17(13)12(21)16-6-9(7-16)18-8-10(11(19)20)14-15-18/h8-9H,3-7H2,1-2H3,(H,19,20). The van der Waals surface area contributed by atoms with Crippen LogP contribution in [-0.2, 0) is 0 Å². The molecule has 8 nitrogen and oxygen atoms in total. The van der Waals surface area contributed by atoms with Crippen LogP contribution in [0.2, 0.25) is 0 Å². The summed E-state index contributed by atoms with van der Waals surface area (Å²) in [5.41, 5.74) is -0.147. The first-order valence-electron chi connectivity index (χ1n) is 7.10. The second-order valence-corrected chi connectivity index (χ2v) is 6.30. The number of hydrogen-bond donors (Lipinski definition) is 1. The summed E-state index contributed by atoms with van der Waals surface area (Å²) >= 11 is 0. The maximum absolute atomic E-state index is 12.4. The third kappa shape index (κ3) is 2.34. The van der Waals surface area contributed by atoms with Crippen molar-refractivity contribution in [2.75, 3.05) is 19.6 Å². The van der Waals surface area contributed by atoms with Gasteiger partial charge in [-0.2, -0.15) is 0 Å². The molecule has 0 spiro atoms. The number of aromatic carboxylic acids is 1. The number of carbonyl (C=O) groups is 2. The molecule has 0 saturated carbocycles. The van der Waals surface area contributed by atoms with Gasteiger partial charge in [-0.1, -0.05) is 5.21 Å². The first-order chi connectivity index (χ1) is 9.88. The van der Waals surface area contributed by atoms with Crippen LogP contribution in [0.3, 0.4) is 0 Å². The largest absolute Gasteiger partial charge is 0.476 e. The zero-order valence-corrected chi connectivity index (χ0v) is 12.2. The van der Waals surface area contributed by atoms with Crippen molar-refractivity contribution in [3.8, 4) is 0 Å². The summed E-state index contributed by atoms with van der Waals surface area (Å²) in [6.07, 6.45) is 3.48. The van der Waals surface area contributed by atoms with Crippen molar-refractivity contribution in [2.24, 2.45) is 0 Å². The van der Waals surface area contributed by atoms with Crippen molar-refractivity contribution in [1.29, 1.82) is 0 Å². The molecule has 0 bridgehead atoms. The van der Waals surface area contributed by atoms with Crippen LogP contribution in [-0.4, -0.2) is 67.1 Å². The molecule has 2 aliphatic rings. The molecule has 0 atom stereocenters. The molecule has 21 heavy (non-hydrogen) atoms. The summed E-state index contributed by atoms with van der Waals surface area (Å²) in [5, 5.41) is 16.2. The number of hydrogen-bond acceptors (Lipinski definition) is 4. The van der Waals surface area contributed by atoms with Crippen LogP contribution in [0.5, 0.6) is 0 Å². The van der Waals surface area contributed by atoms with Crippen molar-refractivity contribution in [2.45, 2.75) is 38.3 Å². The summed E-state index contributed by atoms with van der Waals surface area (Å²) in [5.74, 6) is -1.09. The lowest BCUT2D eigenvalue weighted by Gasteiger charge is -2.43. The molecule has 2 saturated heterocycles. The van der Waals surface area contributed by atoms with Gasteiger partial charge in [-0.05, 0) is 26.7 Å². The van der Waals surface area contributed by atoms with Crippen LogP contribution in [0, 0.1) is 0 Å². The van der Waals surface area contributed by atoms with E-state index in [1.807, 2.05) is 4.90 Å². The molecular formula is C13H19N5O3. The van der Waals surface area contributed by atoms with Crippen LogP contribution in [0.4, 0.5) is 4.79 Å². The van der Waals surface area contributed by atoms with Crippen molar-refractivity contribution < 1.29 is 14.7 Å². The van der Waals surface area contributed by atoms with E-state index in [0.29, 0.717) is 13.1 Å². The smallest absolute Gasteiger partial charge is 0.358 e. The van der Waals surface area contributed by atoms with E-state index >= 15 is 0 Å². The van der Waals surface area contributed by atoms with Crippen LogP contribution in [0.1, 0.15) is 43.2 Å². The quantitative estimate of drug-likeness (QED) is 0.872. The molecular weight excluding hydrogens is 274 g/mol. The molecule has 1 aromatic rings. The molecule has 2 fully saturated rings. The van der Waals surface area contributed by atoms with Gasteiger partial charge < -0.3 is 14.9 Å². The number of nitrogens with zero attached hydrogens (tertiary/aromatic N) is 5. The summed E-state index contributed by atoms with van der Waals surface area (Å²) in [4.78, 5) is 26.9. The summed E-state index contributed by atoms with van der Waals surface area (Å²) in [7, 11) is 0. The summed E-state index contributed by atoms with van der Waals surface area (Å²) < 4.78 is 1.53. The molecule has 0 aromatic carbocycles. The number of aromatic nitrogens is 3. The van der Waals surface area contributed by atoms with E-state index in [2.05, 4.69) is 24.2 Å². The lowest BCUT2D eigenvalue weighted by atomic mass is 10.0. The van der Waals surface area contributed by atoms with Gasteiger partial charge >= 0.3 is 12.0 Å². The van der Waals surface area contributed by atoms with E-state index < -0.39 is 5.97 Å². The highest BCUT2D eigenvalue weighted by Crippen LogP contribution is 2.31. The molecule has 114 valence electrons. The predicted octanol–water partition coefficient (Wildman–Crippen LogP) is 0.827. The van der Waals surface area contributed by atoms with Gasteiger partial charge in [0, 0.05) is 25.2 Å². The zero-order valence-electron chi connectivity index (χ0n) is 12.2. The van der Waals surface area contributed by atoms with Gasteiger partial charge in [0.25, 0.3) is 0 Å². The molecule has 2 aliphatic heterocycles. The second-order valence-electron chi connectivity index (χ2n) is 6.30. The highest BCUT2D eigenvalue weighted by atomic mass is 16.4. The molecule has 1 aromatic heterocycles. The van der Waals surface area contributed by atoms with Gasteiger partial charge in [0.15, 0.2) is 5.69 Å². The Morgan fingerprint density at radius 2 is 2.10 bits per heavy atom. The number of carboxylic acids is 1. The Bertz CT molecular complexity index is 576. The SMILES string of the molecule is CC1(C)CCCN1C(=O)N1CC(n2cc(C(=O)O)nn2)C1. The van der Waals surface area contributed by atoms with E-state index in [4.69, 9.17) is 5.11 Å². The highest BCUT2D eigenvalue weighted by Gasteiger charge is 2.42. The maximum Gasteiger partial charge on any atom is 0.358 e. The Hall–Kier alpha value is -2.12. The topological polar surface area (TPSA) is 91.6 Å². The van der Waals surface area contributed by atoms with Gasteiger partial charge in [0.1, 0.15) is 0 Å². The number of rotatable bonds is 2. The van der Waals surface area contributed by atoms with Crippen molar-refractivity contribution in [3.05, 3.63) is 11.9 Å². The Labute approximate surface area is 122 Å². The minimum absolute atomic E-state index is 0.0141. The third-order valence-corrected chi connectivity index (χ3v) is 4.37. The molecule has 0 unspecified atom stereocenters. The number of carbonyl (C=O) groups excluding carboxylic acids is 1. The molecule has 0 radical (unpaired) electrons. The average Bonchev–Trinajstić information content (AvgIpc) is 2.93. The van der Waals surface area contributed by atoms with E-state index in [1.54, 1.807) is 4.90 Å². The van der Waals surface area contributed by atoms with Gasteiger partial charge in [0.05, 0.1) is 12.2 Å². The molecule has 3 heterocycles. The molecule has 1 N–H and O–H groups in total. The van der Waals surface area contributed by atoms with E-state index in [9.17, 15) is 9.59 Å². The fraction of sp³-hybridized carbons (Fsp3) is 0.692. The Morgan fingerprint density at radius 1 is 1.38 bits per heavy atom. The van der Waals surface area contributed by atoms with E-state index in [1.165, 1.54) is 10.9 Å². The number of carboxylic acid groups (broad SMARTS) is 1. The van der Waals surface area contributed by atoms with Crippen molar-refractivity contribution in [1.82, 2.24) is 24.8 Å². The molecule has 8 heteroatoms. The van der Waals surface area contributed by atoms with Gasteiger partial charge in [-0.25, -0.2) is 14.3 Å². The molecule has 2 amide bonds. The number of urea groups is 1. The van der Waals surface area contributed by atoms with Gasteiger partial charge in [0.2, 0.25) is 0 Å². The van der Waals surface area contributed by atoms with Crippen molar-refractivity contribution in [3.63, 3.8) is 0 Å². The highest BCUT2D eigenvalue weighted by molar-refractivity contribution is 5.84. The van der Waals surface area contributed by atoms with Gasteiger partial charge in [-0.15, -0.1) is 5.10 Å². The lowest BCUT2D eigenvalue weighted by molar-refractivity contribution is 0.0685. The first-order valence-corrected chi connectivity index (χ1v) is 7.10. The van der Waals surface area contributed by atoms with Crippen LogP contribution in [0.25, 0.3) is 0 Å². The van der Waals surface area contributed by atoms with Crippen LogP contribution in [0.15, 0.2) is 6.20 Å². The normalized spacial score (nSPS) is 21.4. The van der Waals surface area contributed by atoms with Crippen molar-refractivity contribution >= 4 is 12.0 Å². The summed E-state index contributed by atoms with van der Waals surface area (Å²) in [6, 6.07) is 0.0765. The monoisotopic (exact) mass is 293 g/mol. The predicted molar refractivity (Wildman–Crippen MR) is 73.0 cm³/mol.